The summed E-state index contributed by atoms with van der Waals surface area (Å²) in [5.74, 6) is 4.22. The lowest BCUT2D eigenvalue weighted by Gasteiger charge is -2.36. The summed E-state index contributed by atoms with van der Waals surface area (Å²) >= 11 is 17.5. The molecular weight excluding hydrogens is 1210 g/mol. The molecule has 1 fully saturated rings. The summed E-state index contributed by atoms with van der Waals surface area (Å²) in [7, 11) is 3.18. The Morgan fingerprint density at radius 3 is 1.69 bits per heavy atom. The molecule has 0 aromatic heterocycles. The summed E-state index contributed by atoms with van der Waals surface area (Å²) in [6.45, 7) is 20.9. The number of benzene rings is 6. The van der Waals surface area contributed by atoms with E-state index in [1.165, 1.54) is 10.6 Å². The Kier molecular flexibility index (Phi) is 26.3. The zero-order valence-corrected chi connectivity index (χ0v) is 53.2. The van der Waals surface area contributed by atoms with Gasteiger partial charge in [-0.1, -0.05) is 117 Å². The van der Waals surface area contributed by atoms with Gasteiger partial charge in [0, 0.05) is 71.3 Å². The number of amides is 4. The van der Waals surface area contributed by atoms with Crippen LogP contribution in [0.3, 0.4) is 0 Å². The minimum Gasteiger partial charge on any atom is -0.493 e. The number of hydrazone groups is 1. The number of hydrogen-bond donors (Lipinski definition) is 2. The Morgan fingerprint density at radius 1 is 0.644 bits per heavy atom. The molecule has 1 aliphatic carbocycles. The fourth-order valence-corrected chi connectivity index (χ4v) is 10.2. The Bertz CT molecular complexity index is 3500. The van der Waals surface area contributed by atoms with Gasteiger partial charge in [-0.3, -0.25) is 19.2 Å². The number of carbonyl (C=O) groups excluding carboxylic acids is 4. The molecule has 10 rings (SSSR count). The zero-order chi connectivity index (χ0) is 64.5. The third kappa shape index (κ3) is 18.7. The van der Waals surface area contributed by atoms with Crippen molar-refractivity contribution in [3.8, 4) is 46.0 Å². The van der Waals surface area contributed by atoms with Crippen molar-refractivity contribution in [2.24, 2.45) is 5.10 Å². The molecule has 474 valence electrons. The molecule has 3 heterocycles. The van der Waals surface area contributed by atoms with Crippen LogP contribution in [0.5, 0.6) is 46.0 Å². The molecule has 0 radical (unpaired) electrons. The van der Waals surface area contributed by atoms with E-state index in [9.17, 15) is 19.2 Å². The van der Waals surface area contributed by atoms with Gasteiger partial charge in [0.25, 0.3) is 5.91 Å². The molecule has 1 atom stereocenters. The molecular formula is C69H75Cl3N6O12. The van der Waals surface area contributed by atoms with Crippen LogP contribution in [0.15, 0.2) is 183 Å². The van der Waals surface area contributed by atoms with Crippen molar-refractivity contribution in [3.63, 3.8) is 0 Å². The van der Waals surface area contributed by atoms with Gasteiger partial charge in [0.15, 0.2) is 34.5 Å². The highest BCUT2D eigenvalue weighted by Crippen LogP contribution is 2.42. The van der Waals surface area contributed by atoms with Crippen LogP contribution in [0.1, 0.15) is 60.0 Å². The van der Waals surface area contributed by atoms with Crippen molar-refractivity contribution < 1.29 is 57.1 Å². The van der Waals surface area contributed by atoms with E-state index < -0.39 is 0 Å². The summed E-state index contributed by atoms with van der Waals surface area (Å²) in [6.07, 6.45) is 7.59. The predicted octanol–water partition coefficient (Wildman–Crippen LogP) is 12.4. The number of nitrogens with zero attached hydrogens (tertiary/aromatic N) is 4. The topological polar surface area (TPSA) is 188 Å². The number of ether oxygens (including phenoxy) is 8. The average Bonchev–Trinajstić information content (AvgIpc) is 1.73. The molecule has 0 saturated heterocycles. The molecule has 6 aromatic carbocycles. The predicted molar refractivity (Wildman–Crippen MR) is 353 cm³/mol. The quantitative estimate of drug-likeness (QED) is 0.0351. The maximum Gasteiger partial charge on any atom is 0.258 e. The lowest BCUT2D eigenvalue weighted by molar-refractivity contribution is -0.130. The zero-order valence-electron chi connectivity index (χ0n) is 50.9. The van der Waals surface area contributed by atoms with Gasteiger partial charge in [0.05, 0.1) is 39.1 Å². The molecule has 4 amide bonds. The van der Waals surface area contributed by atoms with Gasteiger partial charge < -0.3 is 58.3 Å². The number of nitrogens with one attached hydrogen (secondary N) is 2. The van der Waals surface area contributed by atoms with Gasteiger partial charge in [0.2, 0.25) is 24.5 Å². The first-order valence-electron chi connectivity index (χ1n) is 28.9. The van der Waals surface area contributed by atoms with Crippen LogP contribution in [-0.2, 0) is 32.3 Å². The molecule has 2 N–H and O–H groups in total. The molecule has 21 heteroatoms. The highest BCUT2D eigenvalue weighted by Gasteiger charge is 2.35. The number of anilines is 2. The second-order valence-electron chi connectivity index (χ2n) is 20.5. The van der Waals surface area contributed by atoms with Crippen LogP contribution in [0.4, 0.5) is 11.4 Å². The van der Waals surface area contributed by atoms with Crippen molar-refractivity contribution in [1.29, 1.82) is 0 Å². The van der Waals surface area contributed by atoms with Crippen molar-refractivity contribution in [2.75, 3.05) is 74.9 Å². The van der Waals surface area contributed by atoms with Crippen LogP contribution in [0.25, 0.3) is 0 Å². The highest BCUT2D eigenvalue weighted by molar-refractivity contribution is 6.30. The van der Waals surface area contributed by atoms with E-state index >= 15 is 0 Å². The number of aryl methyl sites for hydroxylation is 1. The first kappa shape index (κ1) is 68.4. The standard InChI is InChI=1S/C20H21ClN2O3.C20H20ClNO4.C19H18ClNO4.C10H16N2O/c1-13-7-9-14(10-8-13)16-11-17(23(22-16)19(24)12-21)15-5-4-6-18(25-2)20(15)26-3;1-2-9-24-17-6-4-3-5-15(17)14-22(20(23)13-21)16-7-8-18-19(12-16)26-11-10-25-18;1-2-9-23-16-6-4-3-5-14(16)12-21(19(22)11-20)15-7-8-17-18(10-15)25-13-24-17;1-4-7(2)11-9-5-10(6-9)12-8(3)13/h4-10,17H,11-12H2,1-3H3;2-8,12H,1,9-11,13-14H2;2-8,10H,1,9,11-13H2;4,9-11H,1-2,5-6H2,3H3,(H,12,13). The Hall–Kier alpha value is -9.10. The Balaban J connectivity index is 0.000000175. The van der Waals surface area contributed by atoms with Crippen molar-refractivity contribution in [1.82, 2.24) is 15.6 Å². The number of halogens is 3. The van der Waals surface area contributed by atoms with Gasteiger partial charge >= 0.3 is 0 Å². The number of rotatable bonds is 23. The maximum atomic E-state index is 12.5. The number of allylic oxidation sites excluding steroid dienone is 1. The molecule has 1 unspecified atom stereocenters. The summed E-state index contributed by atoms with van der Waals surface area (Å²) in [6, 6.07) is 40.2. The number of methoxy groups -OCH3 is 2. The van der Waals surface area contributed by atoms with Crippen molar-refractivity contribution >= 4 is 75.5 Å². The monoisotopic (exact) mass is 1280 g/mol. The first-order chi connectivity index (χ1) is 43.6. The summed E-state index contributed by atoms with van der Waals surface area (Å²) in [5, 5.41) is 12.1. The van der Waals surface area contributed by atoms with Gasteiger partial charge in [0.1, 0.15) is 55.6 Å². The number of fused-ring (bicyclic) bond motifs is 2. The van der Waals surface area contributed by atoms with Crippen LogP contribution >= 0.6 is 34.8 Å². The van der Waals surface area contributed by atoms with Crippen LogP contribution < -0.4 is 58.3 Å². The molecule has 1 saturated carbocycles. The summed E-state index contributed by atoms with van der Waals surface area (Å²) in [5.41, 5.74) is 7.84. The molecule has 6 aromatic rings. The molecule has 90 heavy (non-hydrogen) atoms. The number of para-hydroxylation sites is 3. The van der Waals surface area contributed by atoms with Gasteiger partial charge in [-0.2, -0.15) is 5.10 Å². The maximum absolute atomic E-state index is 12.5. The highest BCUT2D eigenvalue weighted by atomic mass is 35.5. The first-order valence-corrected chi connectivity index (χ1v) is 30.5. The second kappa shape index (κ2) is 34.6. The van der Waals surface area contributed by atoms with E-state index in [-0.39, 0.29) is 54.1 Å². The van der Waals surface area contributed by atoms with E-state index in [1.54, 1.807) is 73.4 Å². The molecule has 3 aliphatic heterocycles. The largest absolute Gasteiger partial charge is 0.493 e. The van der Waals surface area contributed by atoms with E-state index in [0.29, 0.717) is 115 Å². The van der Waals surface area contributed by atoms with Gasteiger partial charge in [-0.25, -0.2) is 5.01 Å². The van der Waals surface area contributed by atoms with Crippen LogP contribution in [-0.4, -0.2) is 112 Å². The lowest BCUT2D eigenvalue weighted by atomic mass is 9.86. The van der Waals surface area contributed by atoms with Crippen molar-refractivity contribution in [3.05, 3.63) is 205 Å². The fraction of sp³-hybridized carbons (Fsp3) is 0.290. The van der Waals surface area contributed by atoms with Crippen LogP contribution in [0.2, 0.25) is 0 Å². The number of alkyl halides is 3. The minimum absolute atomic E-state index is 0.0472. The second-order valence-corrected chi connectivity index (χ2v) is 21.3. The van der Waals surface area contributed by atoms with E-state index in [4.69, 9.17) is 72.7 Å². The SMILES string of the molecule is C=CC(=C)NC1CC(NC(C)=O)C1.C=CCOc1ccccc1CN(C(=O)CCl)c1ccc2c(c1)OCCO2.C=CCOc1ccccc1CN(C(=O)CCl)c1ccc2c(c1)OCO2.COc1cccc(C2CC(c3ccc(C)cc3)=NN2C(=O)CCl)c1OC. The van der Waals surface area contributed by atoms with E-state index in [2.05, 4.69) is 42.1 Å². The Labute approximate surface area is 541 Å². The average molecular weight is 1290 g/mol. The minimum atomic E-state index is -0.289. The molecule has 4 aliphatic rings. The van der Waals surface area contributed by atoms with Gasteiger partial charge in [-0.05, 0) is 73.9 Å². The van der Waals surface area contributed by atoms with E-state index in [1.807, 2.05) is 110 Å². The summed E-state index contributed by atoms with van der Waals surface area (Å²) in [4.78, 5) is 51.2. The number of hydrogen-bond acceptors (Lipinski definition) is 14. The van der Waals surface area contributed by atoms with Crippen LogP contribution in [0, 0.1) is 6.92 Å². The molecule has 18 nitrogen and oxygen atoms in total. The normalized spacial score (nSPS) is 15.3. The van der Waals surface area contributed by atoms with Gasteiger partial charge in [-0.15, -0.1) is 34.8 Å². The lowest BCUT2D eigenvalue weighted by Crippen LogP contribution is -2.51. The number of carbonyl (C=O) groups is 4. The third-order valence-corrected chi connectivity index (χ3v) is 15.0. The fourth-order valence-electron chi connectivity index (χ4n) is 9.83. The summed E-state index contributed by atoms with van der Waals surface area (Å²) < 4.78 is 44.2. The smallest absolute Gasteiger partial charge is 0.258 e. The van der Waals surface area contributed by atoms with E-state index in [0.717, 1.165) is 46.5 Å². The molecule has 0 bridgehead atoms. The van der Waals surface area contributed by atoms with Crippen molar-refractivity contribution in [2.45, 2.75) is 64.3 Å². The molecule has 0 spiro atoms. The Morgan fingerprint density at radius 2 is 1.17 bits per heavy atom. The third-order valence-electron chi connectivity index (χ3n) is 14.3.